The Morgan fingerprint density at radius 3 is 2.43 bits per heavy atom. The molecule has 0 saturated carbocycles. The highest BCUT2D eigenvalue weighted by molar-refractivity contribution is 7.93. The normalized spacial score (nSPS) is 13.1. The lowest BCUT2D eigenvalue weighted by molar-refractivity contribution is 0.603. The van der Waals surface area contributed by atoms with Gasteiger partial charge in [-0.25, -0.2) is 0 Å². The first-order valence-electron chi connectivity index (χ1n) is 3.55. The zero-order valence-corrected chi connectivity index (χ0v) is 8.41. The van der Waals surface area contributed by atoms with Crippen molar-refractivity contribution in [2.45, 2.75) is 6.92 Å². The quantitative estimate of drug-likeness (QED) is 0.404. The largest absolute Gasteiger partial charge is 0.312 e. The molecule has 0 heterocycles. The standard InChI is InChI=1S/C9H9NO3S/c1-4-9(5-2)7-6-8(3)14(12,13)10-11/h1,5-7H,2H2,3H3/b8-6+,9-7+. The molecule has 5 heteroatoms. The summed E-state index contributed by atoms with van der Waals surface area (Å²) in [6.07, 6.45) is 9.02. The molecule has 0 aliphatic carbocycles. The van der Waals surface area contributed by atoms with Gasteiger partial charge in [0.2, 0.25) is 0 Å². The molecule has 0 saturated heterocycles. The zero-order chi connectivity index (χ0) is 11.2. The second kappa shape index (κ2) is 5.14. The van der Waals surface area contributed by atoms with E-state index in [0.29, 0.717) is 5.57 Å². The molecule has 0 aromatic rings. The molecule has 0 atom stereocenters. The van der Waals surface area contributed by atoms with Crippen LogP contribution in [0.4, 0.5) is 0 Å². The van der Waals surface area contributed by atoms with Gasteiger partial charge in [0.15, 0.2) is 0 Å². The maximum Gasteiger partial charge on any atom is 0.312 e. The van der Waals surface area contributed by atoms with Crippen LogP contribution in [0, 0.1) is 17.3 Å². The van der Waals surface area contributed by atoms with Gasteiger partial charge in [-0.1, -0.05) is 18.6 Å². The third-order valence-corrected chi connectivity index (χ3v) is 2.54. The van der Waals surface area contributed by atoms with Crippen molar-refractivity contribution in [1.29, 1.82) is 0 Å². The predicted molar refractivity (Wildman–Crippen MR) is 55.6 cm³/mol. The summed E-state index contributed by atoms with van der Waals surface area (Å²) in [5, 5.41) is 0. The Bertz CT molecular complexity index is 435. The van der Waals surface area contributed by atoms with E-state index in [2.05, 4.69) is 12.5 Å². The average molecular weight is 211 g/mol. The highest BCUT2D eigenvalue weighted by atomic mass is 32.2. The van der Waals surface area contributed by atoms with E-state index in [1.54, 1.807) is 0 Å². The van der Waals surface area contributed by atoms with Gasteiger partial charge in [-0.05, 0) is 19.1 Å². The molecule has 0 aromatic heterocycles. The molecular weight excluding hydrogens is 202 g/mol. The lowest BCUT2D eigenvalue weighted by Crippen LogP contribution is -1.94. The van der Waals surface area contributed by atoms with Gasteiger partial charge in [0, 0.05) is 5.57 Å². The summed E-state index contributed by atoms with van der Waals surface area (Å²) < 4.78 is 23.7. The van der Waals surface area contributed by atoms with E-state index < -0.39 is 10.0 Å². The van der Waals surface area contributed by atoms with Gasteiger partial charge in [-0.15, -0.1) is 11.3 Å². The molecule has 0 N–H and O–H groups in total. The molecule has 0 unspecified atom stereocenters. The van der Waals surface area contributed by atoms with Gasteiger partial charge in [0.25, 0.3) is 0 Å². The van der Waals surface area contributed by atoms with Crippen molar-refractivity contribution < 1.29 is 8.42 Å². The second-order valence-electron chi connectivity index (χ2n) is 2.30. The number of terminal acetylenes is 1. The Balaban J connectivity index is 5.09. The van der Waals surface area contributed by atoms with Gasteiger partial charge in [0.05, 0.1) is 9.49 Å². The van der Waals surface area contributed by atoms with Crippen molar-refractivity contribution in [2.24, 2.45) is 4.58 Å². The van der Waals surface area contributed by atoms with Gasteiger partial charge >= 0.3 is 10.0 Å². The number of nitrogens with zero attached hydrogens (tertiary/aromatic N) is 1. The molecule has 14 heavy (non-hydrogen) atoms. The van der Waals surface area contributed by atoms with E-state index in [9.17, 15) is 13.3 Å². The minimum absolute atomic E-state index is 0.165. The Morgan fingerprint density at radius 2 is 2.07 bits per heavy atom. The topological polar surface area (TPSA) is 63.6 Å². The van der Waals surface area contributed by atoms with Gasteiger partial charge in [-0.2, -0.15) is 8.42 Å². The summed E-state index contributed by atoms with van der Waals surface area (Å²) >= 11 is 0. The van der Waals surface area contributed by atoms with Gasteiger partial charge in [-0.3, -0.25) is 0 Å². The number of nitroso groups, excluding NO2 is 1. The molecule has 0 bridgehead atoms. The Kier molecular flexibility index (Phi) is 4.53. The monoisotopic (exact) mass is 211 g/mol. The highest BCUT2D eigenvalue weighted by Gasteiger charge is 2.11. The number of rotatable bonds is 4. The van der Waals surface area contributed by atoms with Crippen LogP contribution in [0.1, 0.15) is 6.92 Å². The molecule has 0 aromatic carbocycles. The molecule has 0 amide bonds. The van der Waals surface area contributed by atoms with E-state index in [1.807, 2.05) is 4.58 Å². The van der Waals surface area contributed by atoms with Crippen LogP contribution in [0.2, 0.25) is 0 Å². The summed E-state index contributed by atoms with van der Waals surface area (Å²) in [5.74, 6) is 2.27. The number of allylic oxidation sites excluding steroid dienone is 5. The molecular formula is C9H9NO3S. The molecule has 0 radical (unpaired) electrons. The third-order valence-electron chi connectivity index (χ3n) is 1.39. The fraction of sp³-hybridized carbons (Fsp3) is 0.111. The van der Waals surface area contributed by atoms with Crippen LogP contribution < -0.4 is 0 Å². The smallest absolute Gasteiger partial charge is 0.197 e. The van der Waals surface area contributed by atoms with Crippen molar-refractivity contribution in [3.8, 4) is 12.3 Å². The predicted octanol–water partition coefficient (Wildman–Crippen LogP) is 1.73. The van der Waals surface area contributed by atoms with Crippen LogP contribution in [0.5, 0.6) is 0 Å². The van der Waals surface area contributed by atoms with Crippen LogP contribution in [0.3, 0.4) is 0 Å². The summed E-state index contributed by atoms with van der Waals surface area (Å²) in [5.41, 5.74) is 0.422. The lowest BCUT2D eigenvalue weighted by atomic mass is 10.2. The van der Waals surface area contributed by atoms with Crippen molar-refractivity contribution in [2.75, 3.05) is 0 Å². The minimum atomic E-state index is -4.03. The fourth-order valence-corrected chi connectivity index (χ4v) is 0.885. The number of hydrogen-bond donors (Lipinski definition) is 0. The Labute approximate surface area is 83.0 Å². The van der Waals surface area contributed by atoms with E-state index >= 15 is 0 Å². The SMILES string of the molecule is C#C/C(C=C)=C\C=C(/C)S(=O)(=O)N=O. The van der Waals surface area contributed by atoms with Gasteiger partial charge in [0.1, 0.15) is 0 Å². The van der Waals surface area contributed by atoms with Crippen molar-refractivity contribution in [1.82, 2.24) is 0 Å². The summed E-state index contributed by atoms with van der Waals surface area (Å²) in [6, 6.07) is 0. The first-order valence-corrected chi connectivity index (χ1v) is 4.99. The zero-order valence-electron chi connectivity index (χ0n) is 7.60. The number of sulfonamides is 1. The van der Waals surface area contributed by atoms with Crippen LogP contribution in [0.25, 0.3) is 0 Å². The Morgan fingerprint density at radius 1 is 1.50 bits per heavy atom. The van der Waals surface area contributed by atoms with E-state index in [0.717, 1.165) is 0 Å². The first kappa shape index (κ1) is 12.3. The van der Waals surface area contributed by atoms with Crippen molar-refractivity contribution >= 4 is 10.0 Å². The van der Waals surface area contributed by atoms with Crippen molar-refractivity contribution in [3.05, 3.63) is 40.2 Å². The van der Waals surface area contributed by atoms with E-state index in [4.69, 9.17) is 6.42 Å². The molecule has 0 spiro atoms. The first-order chi connectivity index (χ1) is 6.47. The maximum absolute atomic E-state index is 10.8. The van der Waals surface area contributed by atoms with Crippen LogP contribution in [-0.2, 0) is 10.0 Å². The second-order valence-corrected chi connectivity index (χ2v) is 4.04. The molecule has 4 nitrogen and oxygen atoms in total. The average Bonchev–Trinajstić information content (AvgIpc) is 2.19. The Hall–Kier alpha value is -1.67. The third kappa shape index (κ3) is 3.37. The lowest BCUT2D eigenvalue weighted by Gasteiger charge is -1.91. The van der Waals surface area contributed by atoms with Gasteiger partial charge < -0.3 is 0 Å². The summed E-state index contributed by atoms with van der Waals surface area (Å²) in [7, 11) is -4.03. The highest BCUT2D eigenvalue weighted by Crippen LogP contribution is 2.08. The van der Waals surface area contributed by atoms with Crippen LogP contribution in [0.15, 0.2) is 39.9 Å². The summed E-state index contributed by atoms with van der Waals surface area (Å²) in [4.78, 5) is 9.73. The maximum atomic E-state index is 10.8. The fourth-order valence-electron chi connectivity index (χ4n) is 0.527. The van der Waals surface area contributed by atoms with Crippen LogP contribution >= 0.6 is 0 Å². The molecule has 0 fully saturated rings. The summed E-state index contributed by atoms with van der Waals surface area (Å²) in [6.45, 7) is 4.67. The molecule has 0 rings (SSSR count). The van der Waals surface area contributed by atoms with Crippen LogP contribution in [-0.4, -0.2) is 8.42 Å². The molecule has 0 aliphatic rings. The molecule has 0 aliphatic heterocycles. The number of hydrogen-bond acceptors (Lipinski definition) is 3. The van der Waals surface area contributed by atoms with Crippen molar-refractivity contribution in [3.63, 3.8) is 0 Å². The van der Waals surface area contributed by atoms with E-state index in [1.165, 1.54) is 25.2 Å². The molecule has 74 valence electrons. The minimum Gasteiger partial charge on any atom is -0.197 e. The van der Waals surface area contributed by atoms with E-state index in [-0.39, 0.29) is 4.91 Å².